The number of carbonyl (C=O) groups excluding carboxylic acids is 1. The number of halogens is 1. The summed E-state index contributed by atoms with van der Waals surface area (Å²) in [4.78, 5) is 14.7. The van der Waals surface area contributed by atoms with Crippen LogP contribution < -0.4 is 10.2 Å². The number of amides is 1. The van der Waals surface area contributed by atoms with E-state index in [1.54, 1.807) is 6.33 Å². The van der Waals surface area contributed by atoms with Gasteiger partial charge in [-0.25, -0.2) is 0 Å². The van der Waals surface area contributed by atoms with Gasteiger partial charge in [0.25, 0.3) is 0 Å². The second-order valence-electron chi connectivity index (χ2n) is 6.99. The Bertz CT molecular complexity index is 999. The van der Waals surface area contributed by atoms with Crippen molar-refractivity contribution in [2.45, 2.75) is 24.9 Å². The van der Waals surface area contributed by atoms with Crippen LogP contribution in [-0.4, -0.2) is 39.5 Å². The van der Waals surface area contributed by atoms with Gasteiger partial charge in [-0.3, -0.25) is 9.36 Å². The zero-order valence-electron chi connectivity index (χ0n) is 16.1. The molecule has 6 nitrogen and oxygen atoms in total. The summed E-state index contributed by atoms with van der Waals surface area (Å²) in [5, 5.41) is 12.4. The first-order valence-electron chi connectivity index (χ1n) is 9.54. The second-order valence-corrected chi connectivity index (χ2v) is 8.34. The van der Waals surface area contributed by atoms with Gasteiger partial charge in [-0.2, -0.15) is 0 Å². The average Bonchev–Trinajstić information content (AvgIpc) is 3.41. The first-order chi connectivity index (χ1) is 14.1. The Morgan fingerprint density at radius 2 is 1.86 bits per heavy atom. The van der Waals surface area contributed by atoms with E-state index < -0.39 is 0 Å². The molecule has 0 atom stereocenters. The van der Waals surface area contributed by atoms with Gasteiger partial charge >= 0.3 is 0 Å². The quantitative estimate of drug-likeness (QED) is 0.584. The van der Waals surface area contributed by atoms with Crippen LogP contribution in [0.5, 0.6) is 0 Å². The number of rotatable bonds is 6. The zero-order chi connectivity index (χ0) is 20.2. The number of nitrogens with zero attached hydrogens (tertiary/aromatic N) is 4. The fraction of sp³-hybridized carbons (Fsp3) is 0.286. The maximum Gasteiger partial charge on any atom is 0.234 e. The van der Waals surface area contributed by atoms with Gasteiger partial charge in [-0.15, -0.1) is 10.2 Å². The predicted molar refractivity (Wildman–Crippen MR) is 118 cm³/mol. The van der Waals surface area contributed by atoms with Crippen LogP contribution >= 0.6 is 23.4 Å². The Morgan fingerprint density at radius 3 is 2.59 bits per heavy atom. The molecule has 1 aliphatic heterocycles. The minimum absolute atomic E-state index is 0.0830. The molecule has 1 aromatic heterocycles. The highest BCUT2D eigenvalue weighted by atomic mass is 35.5. The molecule has 2 heterocycles. The van der Waals surface area contributed by atoms with E-state index in [4.69, 9.17) is 11.6 Å². The summed E-state index contributed by atoms with van der Waals surface area (Å²) in [5.41, 5.74) is 3.88. The zero-order valence-corrected chi connectivity index (χ0v) is 17.7. The molecular weight excluding hydrogens is 406 g/mol. The van der Waals surface area contributed by atoms with Gasteiger partial charge in [0.05, 0.1) is 11.4 Å². The van der Waals surface area contributed by atoms with E-state index in [0.717, 1.165) is 30.0 Å². The van der Waals surface area contributed by atoms with Crippen LogP contribution in [0.4, 0.5) is 11.4 Å². The van der Waals surface area contributed by atoms with E-state index in [0.29, 0.717) is 10.2 Å². The van der Waals surface area contributed by atoms with E-state index in [-0.39, 0.29) is 11.7 Å². The molecule has 150 valence electrons. The first-order valence-corrected chi connectivity index (χ1v) is 10.9. The molecule has 1 N–H and O–H groups in total. The van der Waals surface area contributed by atoms with Gasteiger partial charge in [-0.1, -0.05) is 29.4 Å². The fourth-order valence-corrected chi connectivity index (χ4v) is 4.19. The van der Waals surface area contributed by atoms with Crippen molar-refractivity contribution in [2.75, 3.05) is 29.1 Å². The number of anilines is 2. The number of carbonyl (C=O) groups is 1. The predicted octanol–water partition coefficient (Wildman–Crippen LogP) is 4.56. The van der Waals surface area contributed by atoms with Crippen molar-refractivity contribution in [2.24, 2.45) is 0 Å². The number of hydrogen-bond donors (Lipinski definition) is 1. The normalized spacial score (nSPS) is 13.7. The minimum atomic E-state index is -0.0830. The summed E-state index contributed by atoms with van der Waals surface area (Å²) in [6.07, 6.45) is 4.11. The molecule has 0 unspecified atom stereocenters. The standard InChI is InChI=1S/C21H22ClN5OS/c1-15-4-7-18(12-19(15)22)27-14-23-25-21(27)29-13-20(28)24-16-5-8-17(9-6-16)26-10-2-3-11-26/h4-9,12,14H,2-3,10-11,13H2,1H3,(H,24,28). The Labute approximate surface area is 179 Å². The molecule has 1 amide bonds. The van der Waals surface area contributed by atoms with E-state index in [1.807, 2.05) is 41.8 Å². The Kier molecular flexibility index (Phi) is 6.06. The van der Waals surface area contributed by atoms with Crippen molar-refractivity contribution < 1.29 is 4.79 Å². The highest BCUT2D eigenvalue weighted by molar-refractivity contribution is 7.99. The first kappa shape index (κ1) is 19.8. The molecule has 2 aromatic carbocycles. The second kappa shape index (κ2) is 8.88. The summed E-state index contributed by atoms with van der Waals surface area (Å²) in [7, 11) is 0. The molecule has 1 saturated heterocycles. The number of benzene rings is 2. The van der Waals surface area contributed by atoms with Crippen LogP contribution in [0.2, 0.25) is 5.02 Å². The molecule has 0 radical (unpaired) electrons. The lowest BCUT2D eigenvalue weighted by Gasteiger charge is -2.17. The summed E-state index contributed by atoms with van der Waals surface area (Å²) in [6.45, 7) is 4.17. The van der Waals surface area contributed by atoms with Crippen molar-refractivity contribution >= 4 is 40.6 Å². The number of thioether (sulfide) groups is 1. The molecular formula is C21H22ClN5OS. The molecule has 0 spiro atoms. The molecule has 0 bridgehead atoms. The third-order valence-electron chi connectivity index (χ3n) is 4.90. The summed E-state index contributed by atoms with van der Waals surface area (Å²) in [6, 6.07) is 13.8. The van der Waals surface area contributed by atoms with Gasteiger partial charge in [0, 0.05) is 29.5 Å². The molecule has 0 aliphatic carbocycles. The van der Waals surface area contributed by atoms with Crippen LogP contribution in [0.3, 0.4) is 0 Å². The van der Waals surface area contributed by atoms with Gasteiger partial charge < -0.3 is 10.2 Å². The number of aromatic nitrogens is 3. The summed E-state index contributed by atoms with van der Waals surface area (Å²) < 4.78 is 1.83. The number of hydrogen-bond acceptors (Lipinski definition) is 5. The molecule has 8 heteroatoms. The summed E-state index contributed by atoms with van der Waals surface area (Å²) >= 11 is 7.56. The van der Waals surface area contributed by atoms with Crippen LogP contribution in [0.15, 0.2) is 53.9 Å². The monoisotopic (exact) mass is 427 g/mol. The molecule has 4 rings (SSSR count). The Morgan fingerprint density at radius 1 is 1.14 bits per heavy atom. The van der Waals surface area contributed by atoms with Crippen molar-refractivity contribution in [1.29, 1.82) is 0 Å². The molecule has 1 aliphatic rings. The van der Waals surface area contributed by atoms with E-state index in [1.165, 1.54) is 30.3 Å². The lowest BCUT2D eigenvalue weighted by atomic mass is 10.2. The van der Waals surface area contributed by atoms with Crippen LogP contribution in [0.1, 0.15) is 18.4 Å². The van der Waals surface area contributed by atoms with Crippen LogP contribution in [0, 0.1) is 6.92 Å². The van der Waals surface area contributed by atoms with E-state index in [9.17, 15) is 4.79 Å². The maximum atomic E-state index is 12.4. The Hall–Kier alpha value is -2.51. The Balaban J connectivity index is 1.35. The van der Waals surface area contributed by atoms with Crippen molar-refractivity contribution in [3.63, 3.8) is 0 Å². The van der Waals surface area contributed by atoms with Gasteiger partial charge in [0.1, 0.15) is 6.33 Å². The topological polar surface area (TPSA) is 63.1 Å². The van der Waals surface area contributed by atoms with E-state index >= 15 is 0 Å². The highest BCUT2D eigenvalue weighted by Gasteiger charge is 2.13. The fourth-order valence-electron chi connectivity index (χ4n) is 3.29. The maximum absolute atomic E-state index is 12.4. The third kappa shape index (κ3) is 4.74. The third-order valence-corrected chi connectivity index (χ3v) is 6.25. The molecule has 29 heavy (non-hydrogen) atoms. The molecule has 0 saturated carbocycles. The van der Waals surface area contributed by atoms with Crippen molar-refractivity contribution in [3.05, 3.63) is 59.4 Å². The van der Waals surface area contributed by atoms with Crippen molar-refractivity contribution in [1.82, 2.24) is 14.8 Å². The van der Waals surface area contributed by atoms with Crippen LogP contribution in [0.25, 0.3) is 5.69 Å². The lowest BCUT2D eigenvalue weighted by molar-refractivity contribution is -0.113. The lowest BCUT2D eigenvalue weighted by Crippen LogP contribution is -2.18. The highest BCUT2D eigenvalue weighted by Crippen LogP contribution is 2.25. The number of aryl methyl sites for hydroxylation is 1. The SMILES string of the molecule is Cc1ccc(-n2cnnc2SCC(=O)Nc2ccc(N3CCCC3)cc2)cc1Cl. The van der Waals surface area contributed by atoms with E-state index in [2.05, 4.69) is 32.5 Å². The van der Waals surface area contributed by atoms with Gasteiger partial charge in [0.15, 0.2) is 5.16 Å². The number of nitrogens with one attached hydrogen (secondary N) is 1. The minimum Gasteiger partial charge on any atom is -0.372 e. The summed E-state index contributed by atoms with van der Waals surface area (Å²) in [5.74, 6) is 0.159. The van der Waals surface area contributed by atoms with Crippen molar-refractivity contribution in [3.8, 4) is 5.69 Å². The van der Waals surface area contributed by atoms with Crippen LogP contribution in [-0.2, 0) is 4.79 Å². The largest absolute Gasteiger partial charge is 0.372 e. The smallest absolute Gasteiger partial charge is 0.234 e. The molecule has 3 aromatic rings. The van der Waals surface area contributed by atoms with Gasteiger partial charge in [-0.05, 0) is 61.7 Å². The molecule has 1 fully saturated rings. The average molecular weight is 428 g/mol. The van der Waals surface area contributed by atoms with Gasteiger partial charge in [0.2, 0.25) is 5.91 Å².